The molecule has 0 aliphatic carbocycles. The van der Waals surface area contributed by atoms with Gasteiger partial charge in [-0.15, -0.1) is 54.1 Å². The van der Waals surface area contributed by atoms with E-state index in [2.05, 4.69) is 53.9 Å². The van der Waals surface area contributed by atoms with Crippen molar-refractivity contribution >= 4 is 35.2 Å². The molecule has 7 heteroatoms. The Labute approximate surface area is 289 Å². The van der Waals surface area contributed by atoms with E-state index in [9.17, 15) is 8.78 Å². The van der Waals surface area contributed by atoms with Crippen LogP contribution < -0.4 is 5.19 Å². The number of rotatable bonds is 4. The summed E-state index contributed by atoms with van der Waals surface area (Å²) >= 11 is 0. The zero-order chi connectivity index (χ0) is 32.6. The minimum absolute atomic E-state index is 0. The molecule has 0 spiro atoms. The van der Waals surface area contributed by atoms with Crippen LogP contribution in [0.25, 0.3) is 55.6 Å². The van der Waals surface area contributed by atoms with Gasteiger partial charge < -0.3 is 14.4 Å². The summed E-state index contributed by atoms with van der Waals surface area (Å²) in [5.41, 5.74) is 8.74. The van der Waals surface area contributed by atoms with Crippen molar-refractivity contribution < 1.29 is 33.3 Å². The second-order valence-electron chi connectivity index (χ2n) is 12.6. The molecule has 1 radical (unpaired) electrons. The van der Waals surface area contributed by atoms with Crippen LogP contribution in [0.3, 0.4) is 0 Å². The van der Waals surface area contributed by atoms with Gasteiger partial charge in [-0.25, -0.2) is 8.78 Å². The largest absolute Gasteiger partial charge is 0.500 e. The van der Waals surface area contributed by atoms with Gasteiger partial charge in [0.1, 0.15) is 17.2 Å². The molecule has 47 heavy (non-hydrogen) atoms. The first kappa shape index (κ1) is 34.1. The molecule has 0 fully saturated rings. The predicted molar refractivity (Wildman–Crippen MR) is 187 cm³/mol. The summed E-state index contributed by atoms with van der Waals surface area (Å²) in [5.74, 6) is -0.743. The first-order valence-electron chi connectivity index (χ1n) is 15.2. The zero-order valence-electron chi connectivity index (χ0n) is 27.1. The van der Waals surface area contributed by atoms with Gasteiger partial charge in [-0.1, -0.05) is 66.5 Å². The zero-order valence-corrected chi connectivity index (χ0v) is 30.5. The molecule has 0 unspecified atom stereocenters. The van der Waals surface area contributed by atoms with Crippen molar-refractivity contribution in [3.63, 3.8) is 0 Å². The van der Waals surface area contributed by atoms with Gasteiger partial charge in [0.15, 0.2) is 0 Å². The number of benzene rings is 4. The van der Waals surface area contributed by atoms with E-state index in [1.54, 1.807) is 18.2 Å². The average molecular weight is 817 g/mol. The number of fused-ring (bicyclic) bond motifs is 3. The summed E-state index contributed by atoms with van der Waals surface area (Å²) in [6, 6.07) is 32.6. The van der Waals surface area contributed by atoms with Crippen LogP contribution in [0.4, 0.5) is 8.78 Å². The van der Waals surface area contributed by atoms with Crippen LogP contribution in [0, 0.1) is 44.5 Å². The fourth-order valence-electron chi connectivity index (χ4n) is 5.83. The van der Waals surface area contributed by atoms with E-state index in [4.69, 9.17) is 4.42 Å². The van der Waals surface area contributed by atoms with Gasteiger partial charge in [-0.3, -0.25) is 0 Å². The van der Waals surface area contributed by atoms with Crippen LogP contribution in [0.2, 0.25) is 19.6 Å². The van der Waals surface area contributed by atoms with Crippen molar-refractivity contribution in [2.75, 3.05) is 0 Å². The van der Waals surface area contributed by atoms with E-state index in [1.165, 1.54) is 23.5 Å². The van der Waals surface area contributed by atoms with Gasteiger partial charge in [0.2, 0.25) is 0 Å². The Balaban J connectivity index is 0.000000217. The molecule has 0 aliphatic rings. The van der Waals surface area contributed by atoms with E-state index in [1.807, 2.05) is 69.4 Å². The number of aromatic nitrogens is 2. The van der Waals surface area contributed by atoms with Crippen molar-refractivity contribution in [3.8, 4) is 33.6 Å². The molecule has 0 N–H and O–H groups in total. The minimum atomic E-state index is -1.23. The second-order valence-corrected chi connectivity index (χ2v) is 17.7. The molecule has 3 nitrogen and oxygen atoms in total. The maximum Gasteiger partial charge on any atom is 0.147 e. The van der Waals surface area contributed by atoms with Crippen molar-refractivity contribution in [1.82, 2.24) is 9.97 Å². The summed E-state index contributed by atoms with van der Waals surface area (Å²) in [6.07, 6.45) is 3.25. The molecule has 239 valence electrons. The average Bonchev–Trinajstić information content (AvgIpc) is 3.40. The Bertz CT molecular complexity index is 2170. The molecular weight excluding hydrogens is 783 g/mol. The molecule has 0 saturated heterocycles. The molecule has 0 atom stereocenters. The van der Waals surface area contributed by atoms with E-state index < -0.39 is 8.07 Å². The monoisotopic (exact) mass is 817 g/mol. The fourth-order valence-corrected chi connectivity index (χ4v) is 6.86. The van der Waals surface area contributed by atoms with E-state index in [0.717, 1.165) is 44.3 Å². The third-order valence-electron chi connectivity index (χ3n) is 8.07. The Kier molecular flexibility index (Phi) is 10.0. The van der Waals surface area contributed by atoms with Crippen molar-refractivity contribution in [2.24, 2.45) is 0 Å². The van der Waals surface area contributed by atoms with Crippen LogP contribution in [0.1, 0.15) is 16.7 Å². The third kappa shape index (κ3) is 7.18. The SMILES string of the molecule is C[Si](C)(C)c1ccc(-c2[c-]cccc2)nc1.Cc1cc(C)c(-c2cc(-c3[c-]ccc4c3oc3cc(F)ccc34)ncc2F)c(C)c1.[Ir]. The van der Waals surface area contributed by atoms with E-state index in [0.29, 0.717) is 28.0 Å². The van der Waals surface area contributed by atoms with Crippen LogP contribution >= 0.6 is 0 Å². The number of halogens is 2. The van der Waals surface area contributed by atoms with Crippen LogP contribution in [-0.2, 0) is 20.1 Å². The fraction of sp³-hybridized carbons (Fsp3) is 0.150. The quantitative estimate of drug-likeness (QED) is 0.131. The first-order valence-corrected chi connectivity index (χ1v) is 18.7. The maximum atomic E-state index is 14.8. The van der Waals surface area contributed by atoms with E-state index in [-0.39, 0.29) is 31.7 Å². The number of hydrogen-bond acceptors (Lipinski definition) is 3. The molecule has 7 rings (SSSR count). The summed E-state index contributed by atoms with van der Waals surface area (Å²) < 4.78 is 34.4. The molecule has 0 aliphatic heterocycles. The van der Waals surface area contributed by atoms with E-state index >= 15 is 0 Å². The Hall–Kier alpha value is -4.29. The molecule has 3 heterocycles. The van der Waals surface area contributed by atoms with Crippen molar-refractivity contribution in [3.05, 3.63) is 138 Å². The molecule has 0 amide bonds. The summed E-state index contributed by atoms with van der Waals surface area (Å²) in [5, 5.41) is 3.05. The van der Waals surface area contributed by atoms with Gasteiger partial charge in [0.25, 0.3) is 0 Å². The number of hydrogen-bond donors (Lipinski definition) is 0. The summed E-state index contributed by atoms with van der Waals surface area (Å²) in [4.78, 5) is 8.83. The molecule has 0 bridgehead atoms. The van der Waals surface area contributed by atoms with Crippen molar-refractivity contribution in [2.45, 2.75) is 40.4 Å². The number of pyridine rings is 2. The second kappa shape index (κ2) is 13.8. The van der Waals surface area contributed by atoms with Crippen LogP contribution in [-0.4, -0.2) is 18.0 Å². The normalized spacial score (nSPS) is 11.2. The number of nitrogens with zero attached hydrogens (tertiary/aromatic N) is 2. The summed E-state index contributed by atoms with van der Waals surface area (Å²) in [7, 11) is -1.23. The molecular formula is C40H34F2IrN2OSi-2. The number of furan rings is 1. The van der Waals surface area contributed by atoms with Gasteiger partial charge in [0, 0.05) is 43.3 Å². The van der Waals surface area contributed by atoms with Crippen LogP contribution in [0.15, 0.2) is 102 Å². The Morgan fingerprint density at radius 3 is 2.13 bits per heavy atom. The standard InChI is InChI=1S/C26H18F2NO.C14H16NSi.Ir/c1-14-9-15(2)25(16(3)10-14)21-12-23(29-13-22(21)28)20-6-4-5-19-18-8-7-17(27)11-24(18)30-26(19)20;1-16(2,3)13-9-10-14(15-11-13)12-7-5-4-6-8-12;/h4-5,7-13H,1-3H3;4-7,9-11H,1-3H3;/q2*-1;. The molecule has 7 aromatic rings. The molecule has 4 aromatic carbocycles. The van der Waals surface area contributed by atoms with Crippen molar-refractivity contribution in [1.29, 1.82) is 0 Å². The Morgan fingerprint density at radius 2 is 1.47 bits per heavy atom. The van der Waals surface area contributed by atoms with Crippen LogP contribution in [0.5, 0.6) is 0 Å². The topological polar surface area (TPSA) is 38.9 Å². The maximum absolute atomic E-state index is 14.8. The molecule has 3 aromatic heterocycles. The first-order chi connectivity index (χ1) is 22.0. The molecule has 0 saturated carbocycles. The van der Waals surface area contributed by atoms with Gasteiger partial charge >= 0.3 is 0 Å². The summed E-state index contributed by atoms with van der Waals surface area (Å²) in [6.45, 7) is 13.0. The Morgan fingerprint density at radius 1 is 0.723 bits per heavy atom. The predicted octanol–water partition coefficient (Wildman–Crippen LogP) is 10.4. The number of aryl methyl sites for hydroxylation is 3. The smallest absolute Gasteiger partial charge is 0.147 e. The van der Waals surface area contributed by atoms with Gasteiger partial charge in [-0.2, -0.15) is 0 Å². The third-order valence-corrected chi connectivity index (χ3v) is 10.1. The van der Waals surface area contributed by atoms with Gasteiger partial charge in [-0.05, 0) is 66.2 Å². The van der Waals surface area contributed by atoms with Gasteiger partial charge in [0.05, 0.1) is 19.9 Å². The minimum Gasteiger partial charge on any atom is -0.500 e.